The summed E-state index contributed by atoms with van der Waals surface area (Å²) in [6, 6.07) is 11.5. The third-order valence-electron chi connectivity index (χ3n) is 2.35. The zero-order chi connectivity index (χ0) is 12.8. The minimum absolute atomic E-state index is 0.255. The van der Waals surface area contributed by atoms with Crippen LogP contribution in [0, 0.1) is 11.3 Å². The molecular weight excluding hydrogens is 230 g/mol. The topological polar surface area (TPSA) is 71.1 Å². The summed E-state index contributed by atoms with van der Waals surface area (Å²) >= 11 is 0. The number of oxazole rings is 1. The van der Waals surface area contributed by atoms with Gasteiger partial charge in [0, 0.05) is 19.2 Å². The molecule has 92 valence electrons. The highest BCUT2D eigenvalue weighted by Crippen LogP contribution is 2.24. The quantitative estimate of drug-likeness (QED) is 0.815. The van der Waals surface area contributed by atoms with E-state index >= 15 is 0 Å². The fraction of sp³-hybridized carbons (Fsp3) is 0.231. The zero-order valence-corrected chi connectivity index (χ0v) is 10.0. The molecule has 2 rings (SSSR count). The molecule has 0 spiro atoms. The van der Waals surface area contributed by atoms with Crippen LogP contribution in [0.2, 0.25) is 0 Å². The largest absolute Gasteiger partial charge is 0.419 e. The molecule has 0 aliphatic heterocycles. The number of nitrogens with zero attached hydrogens (tertiary/aromatic N) is 2. The number of methoxy groups -OCH3 is 1. The van der Waals surface area contributed by atoms with Crippen molar-refractivity contribution in [2.75, 3.05) is 25.6 Å². The molecule has 0 atom stereocenters. The molecule has 0 saturated carbocycles. The summed E-state index contributed by atoms with van der Waals surface area (Å²) in [5.41, 5.74) is 1.10. The molecule has 1 N–H and O–H groups in total. The van der Waals surface area contributed by atoms with Gasteiger partial charge in [0.1, 0.15) is 6.07 Å². The molecule has 0 fully saturated rings. The molecule has 1 aromatic carbocycles. The van der Waals surface area contributed by atoms with E-state index in [0.29, 0.717) is 24.9 Å². The molecule has 18 heavy (non-hydrogen) atoms. The molecular formula is C13H13N3O2. The average Bonchev–Trinajstić information content (AvgIpc) is 2.83. The Balaban J connectivity index is 2.22. The molecule has 0 radical (unpaired) electrons. The van der Waals surface area contributed by atoms with Crippen LogP contribution < -0.4 is 5.32 Å². The van der Waals surface area contributed by atoms with Crippen molar-refractivity contribution in [2.45, 2.75) is 0 Å². The van der Waals surface area contributed by atoms with Crippen LogP contribution in [-0.2, 0) is 4.74 Å². The summed E-state index contributed by atoms with van der Waals surface area (Å²) in [5, 5.41) is 12.0. The van der Waals surface area contributed by atoms with Crippen molar-refractivity contribution < 1.29 is 9.15 Å². The monoisotopic (exact) mass is 243 g/mol. The fourth-order valence-corrected chi connectivity index (χ4v) is 1.49. The van der Waals surface area contributed by atoms with Crippen LogP contribution in [-0.4, -0.2) is 25.2 Å². The highest BCUT2D eigenvalue weighted by atomic mass is 16.5. The van der Waals surface area contributed by atoms with Gasteiger partial charge in [-0.25, -0.2) is 0 Å². The summed E-state index contributed by atoms with van der Waals surface area (Å²) in [6.45, 7) is 1.10. The van der Waals surface area contributed by atoms with E-state index in [2.05, 4.69) is 10.3 Å². The molecule has 2 aromatic rings. The van der Waals surface area contributed by atoms with Gasteiger partial charge >= 0.3 is 0 Å². The number of anilines is 1. The van der Waals surface area contributed by atoms with Crippen LogP contribution >= 0.6 is 0 Å². The van der Waals surface area contributed by atoms with Crippen molar-refractivity contribution in [2.24, 2.45) is 0 Å². The third-order valence-corrected chi connectivity index (χ3v) is 2.35. The van der Waals surface area contributed by atoms with Crippen molar-refractivity contribution >= 4 is 5.88 Å². The minimum Gasteiger partial charge on any atom is -0.419 e. The summed E-state index contributed by atoms with van der Waals surface area (Å²) < 4.78 is 10.5. The number of hydrogen-bond donors (Lipinski definition) is 1. The molecule has 0 amide bonds. The smallest absolute Gasteiger partial charge is 0.232 e. The number of hydrogen-bond acceptors (Lipinski definition) is 5. The molecule has 0 saturated heterocycles. The van der Waals surface area contributed by atoms with E-state index in [4.69, 9.17) is 14.4 Å². The number of aromatic nitrogens is 1. The van der Waals surface area contributed by atoms with Crippen molar-refractivity contribution in [3.8, 4) is 17.5 Å². The molecule has 5 heteroatoms. The van der Waals surface area contributed by atoms with E-state index < -0.39 is 0 Å². The van der Waals surface area contributed by atoms with Gasteiger partial charge in [-0.05, 0) is 12.1 Å². The first-order valence-corrected chi connectivity index (χ1v) is 5.54. The van der Waals surface area contributed by atoms with Crippen molar-refractivity contribution in [3.05, 3.63) is 36.0 Å². The molecule has 0 unspecified atom stereocenters. The van der Waals surface area contributed by atoms with Gasteiger partial charge in [-0.2, -0.15) is 10.2 Å². The van der Waals surface area contributed by atoms with Gasteiger partial charge in [-0.1, -0.05) is 18.2 Å². The summed E-state index contributed by atoms with van der Waals surface area (Å²) in [4.78, 5) is 4.15. The van der Waals surface area contributed by atoms with E-state index in [1.54, 1.807) is 7.11 Å². The Morgan fingerprint density at radius 3 is 2.83 bits per heavy atom. The van der Waals surface area contributed by atoms with E-state index in [9.17, 15) is 0 Å². The van der Waals surface area contributed by atoms with Gasteiger partial charge in [-0.15, -0.1) is 0 Å². The molecule has 1 aromatic heterocycles. The number of nitriles is 1. The Morgan fingerprint density at radius 1 is 1.39 bits per heavy atom. The minimum atomic E-state index is 0.255. The lowest BCUT2D eigenvalue weighted by atomic mass is 10.2. The molecule has 1 heterocycles. The molecule has 0 aliphatic rings. The average molecular weight is 243 g/mol. The van der Waals surface area contributed by atoms with Crippen LogP contribution in [0.25, 0.3) is 11.5 Å². The Bertz CT molecular complexity index is 543. The van der Waals surface area contributed by atoms with Crippen LogP contribution in [0.4, 0.5) is 5.88 Å². The van der Waals surface area contributed by atoms with Gasteiger partial charge in [0.2, 0.25) is 17.5 Å². The van der Waals surface area contributed by atoms with Crippen molar-refractivity contribution in [1.82, 2.24) is 4.98 Å². The second-order valence-electron chi connectivity index (χ2n) is 3.59. The first-order valence-electron chi connectivity index (χ1n) is 5.54. The second-order valence-corrected chi connectivity index (χ2v) is 3.59. The summed E-state index contributed by atoms with van der Waals surface area (Å²) in [7, 11) is 1.61. The lowest BCUT2D eigenvalue weighted by molar-refractivity contribution is 0.210. The molecule has 0 aliphatic carbocycles. The van der Waals surface area contributed by atoms with Crippen LogP contribution in [0.3, 0.4) is 0 Å². The molecule has 0 bridgehead atoms. The van der Waals surface area contributed by atoms with E-state index in [1.165, 1.54) is 0 Å². The first-order chi connectivity index (χ1) is 8.85. The second kappa shape index (κ2) is 5.84. The number of benzene rings is 1. The molecule has 5 nitrogen and oxygen atoms in total. The predicted molar refractivity (Wildman–Crippen MR) is 67.0 cm³/mol. The Morgan fingerprint density at radius 2 is 2.17 bits per heavy atom. The SMILES string of the molecule is COCCNc1oc(-c2ccccc2)nc1C#N. The standard InChI is InChI=1S/C13H13N3O2/c1-17-8-7-15-13-11(9-14)16-12(18-13)10-5-3-2-4-6-10/h2-6,15H,7-8H2,1H3. The Kier molecular flexibility index (Phi) is 3.94. The predicted octanol–water partition coefficient (Wildman–Crippen LogP) is 2.27. The van der Waals surface area contributed by atoms with Gasteiger partial charge in [0.25, 0.3) is 0 Å². The van der Waals surface area contributed by atoms with Gasteiger partial charge in [0.05, 0.1) is 6.61 Å². The maximum Gasteiger partial charge on any atom is 0.232 e. The highest BCUT2D eigenvalue weighted by Gasteiger charge is 2.13. The summed E-state index contributed by atoms with van der Waals surface area (Å²) in [5.74, 6) is 0.820. The number of ether oxygens (including phenoxy) is 1. The van der Waals surface area contributed by atoms with Crippen molar-refractivity contribution in [3.63, 3.8) is 0 Å². The Labute approximate surface area is 105 Å². The van der Waals surface area contributed by atoms with Crippen LogP contribution in [0.1, 0.15) is 5.69 Å². The van der Waals surface area contributed by atoms with E-state index in [-0.39, 0.29) is 5.69 Å². The van der Waals surface area contributed by atoms with Crippen molar-refractivity contribution in [1.29, 1.82) is 5.26 Å². The highest BCUT2D eigenvalue weighted by molar-refractivity contribution is 5.58. The van der Waals surface area contributed by atoms with Crippen LogP contribution in [0.15, 0.2) is 34.7 Å². The lowest BCUT2D eigenvalue weighted by Crippen LogP contribution is -2.07. The van der Waals surface area contributed by atoms with E-state index in [0.717, 1.165) is 5.56 Å². The zero-order valence-electron chi connectivity index (χ0n) is 10.0. The van der Waals surface area contributed by atoms with Gasteiger partial charge < -0.3 is 14.5 Å². The van der Waals surface area contributed by atoms with Crippen LogP contribution in [0.5, 0.6) is 0 Å². The number of rotatable bonds is 5. The first kappa shape index (κ1) is 12.1. The maximum absolute atomic E-state index is 8.99. The number of nitrogens with one attached hydrogen (secondary N) is 1. The lowest BCUT2D eigenvalue weighted by Gasteiger charge is -2.00. The Hall–Kier alpha value is -2.32. The third kappa shape index (κ3) is 2.67. The normalized spacial score (nSPS) is 10.0. The van der Waals surface area contributed by atoms with Gasteiger partial charge in [0.15, 0.2) is 0 Å². The fourth-order valence-electron chi connectivity index (χ4n) is 1.49. The van der Waals surface area contributed by atoms with E-state index in [1.807, 2.05) is 36.4 Å². The summed E-state index contributed by atoms with van der Waals surface area (Å²) in [6.07, 6.45) is 0. The van der Waals surface area contributed by atoms with Gasteiger partial charge in [-0.3, -0.25) is 0 Å². The maximum atomic E-state index is 8.99.